The number of hydrogen-bond acceptors (Lipinski definition) is 5. The molecule has 2 aromatic carbocycles. The molecule has 4 atom stereocenters. The van der Waals surface area contributed by atoms with Crippen molar-refractivity contribution < 1.29 is 19.2 Å². The highest BCUT2D eigenvalue weighted by Crippen LogP contribution is 2.53. The van der Waals surface area contributed by atoms with Crippen LogP contribution in [0.25, 0.3) is 0 Å². The van der Waals surface area contributed by atoms with Crippen molar-refractivity contribution in [3.63, 3.8) is 0 Å². The summed E-state index contributed by atoms with van der Waals surface area (Å²) in [6.45, 7) is 0.247. The molecular formula is C24H24N4O4. The molecular weight excluding hydrogens is 408 g/mol. The van der Waals surface area contributed by atoms with E-state index in [0.29, 0.717) is 17.7 Å². The van der Waals surface area contributed by atoms with Crippen molar-refractivity contribution in [2.24, 2.45) is 17.6 Å². The molecule has 3 aliphatic rings. The number of carbonyl (C=O) groups is 4. The van der Waals surface area contributed by atoms with Crippen LogP contribution in [0.3, 0.4) is 0 Å². The van der Waals surface area contributed by atoms with Gasteiger partial charge in [0.05, 0.1) is 11.8 Å². The maximum absolute atomic E-state index is 13.6. The van der Waals surface area contributed by atoms with Gasteiger partial charge in [0.2, 0.25) is 23.6 Å². The average Bonchev–Trinajstić information content (AvgIpc) is 3.36. The number of benzene rings is 2. The first-order valence-electron chi connectivity index (χ1n) is 10.8. The smallest absolute Gasteiger partial charge is 0.250 e. The maximum atomic E-state index is 13.6. The Balaban J connectivity index is 1.51. The molecule has 8 nitrogen and oxygen atoms in total. The van der Waals surface area contributed by atoms with Crippen LogP contribution in [0.1, 0.15) is 24.0 Å². The van der Waals surface area contributed by atoms with Crippen LogP contribution in [0.5, 0.6) is 0 Å². The van der Waals surface area contributed by atoms with Gasteiger partial charge in [0.15, 0.2) is 0 Å². The molecule has 5 rings (SSSR count). The number of nitrogens with zero attached hydrogens (tertiary/aromatic N) is 1. The Morgan fingerprint density at radius 3 is 2.47 bits per heavy atom. The highest BCUT2D eigenvalue weighted by Gasteiger charge is 2.70. The summed E-state index contributed by atoms with van der Waals surface area (Å²) in [4.78, 5) is 53.1. The fraction of sp³-hybridized carbons (Fsp3) is 0.333. The predicted octanol–water partition coefficient (Wildman–Crippen LogP) is 0.915. The fourth-order valence-corrected chi connectivity index (χ4v) is 5.47. The number of primary amides is 1. The first-order valence-corrected chi connectivity index (χ1v) is 10.8. The number of nitrogens with two attached hydrogens (primary N) is 1. The van der Waals surface area contributed by atoms with Gasteiger partial charge in [0.25, 0.3) is 0 Å². The van der Waals surface area contributed by atoms with Gasteiger partial charge >= 0.3 is 0 Å². The summed E-state index contributed by atoms with van der Waals surface area (Å²) < 4.78 is 0. The Hall–Kier alpha value is -3.52. The molecule has 4 unspecified atom stereocenters. The lowest BCUT2D eigenvalue weighted by Crippen LogP contribution is -2.53. The first kappa shape index (κ1) is 20.4. The summed E-state index contributed by atoms with van der Waals surface area (Å²) in [5.74, 6) is -3.08. The zero-order chi connectivity index (χ0) is 22.5. The van der Waals surface area contributed by atoms with Gasteiger partial charge in [-0.3, -0.25) is 29.4 Å². The summed E-state index contributed by atoms with van der Waals surface area (Å²) in [6, 6.07) is 16.3. The van der Waals surface area contributed by atoms with Crippen LogP contribution in [0.4, 0.5) is 5.69 Å². The lowest BCUT2D eigenvalue weighted by molar-refractivity contribution is -0.142. The number of imide groups is 1. The van der Waals surface area contributed by atoms with Crippen molar-refractivity contribution in [3.05, 3.63) is 65.7 Å². The topological polar surface area (TPSA) is 122 Å². The SMILES string of the molecule is NC(=O)CCC1NC2(C(=O)Nc3ccccc32)C2C(=O)N(CCc3ccccc3)C(=O)C12. The Kier molecular flexibility index (Phi) is 4.82. The fourth-order valence-electron chi connectivity index (χ4n) is 5.47. The normalized spacial score (nSPS) is 28.2. The van der Waals surface area contributed by atoms with Crippen LogP contribution >= 0.6 is 0 Å². The highest BCUT2D eigenvalue weighted by molar-refractivity contribution is 6.15. The maximum Gasteiger partial charge on any atom is 0.250 e. The summed E-state index contributed by atoms with van der Waals surface area (Å²) in [7, 11) is 0. The molecule has 4 N–H and O–H groups in total. The van der Waals surface area contributed by atoms with Crippen molar-refractivity contribution >= 4 is 29.3 Å². The summed E-state index contributed by atoms with van der Waals surface area (Å²) in [6.07, 6.45) is 0.873. The molecule has 0 aromatic heterocycles. The third-order valence-electron chi connectivity index (χ3n) is 6.88. The number of para-hydroxylation sites is 1. The zero-order valence-corrected chi connectivity index (χ0v) is 17.4. The molecule has 4 amide bonds. The summed E-state index contributed by atoms with van der Waals surface area (Å²) in [5.41, 5.74) is 6.32. The van der Waals surface area contributed by atoms with Crippen molar-refractivity contribution in [1.82, 2.24) is 10.2 Å². The molecule has 0 aliphatic carbocycles. The lowest BCUT2D eigenvalue weighted by Gasteiger charge is -2.29. The molecule has 2 saturated heterocycles. The summed E-state index contributed by atoms with van der Waals surface area (Å²) >= 11 is 0. The molecule has 32 heavy (non-hydrogen) atoms. The first-order chi connectivity index (χ1) is 15.4. The van der Waals surface area contributed by atoms with Gasteiger partial charge in [-0.2, -0.15) is 0 Å². The number of amides is 4. The molecule has 3 heterocycles. The van der Waals surface area contributed by atoms with Crippen molar-refractivity contribution in [2.45, 2.75) is 30.8 Å². The second-order valence-electron chi connectivity index (χ2n) is 8.63. The third kappa shape index (κ3) is 2.94. The largest absolute Gasteiger partial charge is 0.370 e. The quantitative estimate of drug-likeness (QED) is 0.586. The molecule has 2 fully saturated rings. The van der Waals surface area contributed by atoms with Gasteiger partial charge in [-0.25, -0.2) is 0 Å². The minimum absolute atomic E-state index is 0.0612. The van der Waals surface area contributed by atoms with Gasteiger partial charge in [-0.15, -0.1) is 0 Å². The Bertz CT molecular complexity index is 1120. The lowest BCUT2D eigenvalue weighted by atomic mass is 9.76. The van der Waals surface area contributed by atoms with Gasteiger partial charge in [-0.1, -0.05) is 48.5 Å². The minimum atomic E-state index is -1.34. The molecule has 0 saturated carbocycles. The van der Waals surface area contributed by atoms with Crippen LogP contribution in [0.15, 0.2) is 54.6 Å². The molecule has 8 heteroatoms. The van der Waals surface area contributed by atoms with E-state index in [-0.39, 0.29) is 37.1 Å². The van der Waals surface area contributed by atoms with Crippen molar-refractivity contribution in [1.29, 1.82) is 0 Å². The van der Waals surface area contributed by atoms with Gasteiger partial charge in [0.1, 0.15) is 5.54 Å². The number of hydrogen-bond donors (Lipinski definition) is 3. The molecule has 1 spiro atoms. The molecule has 0 radical (unpaired) electrons. The van der Waals surface area contributed by atoms with Gasteiger partial charge in [-0.05, 0) is 24.5 Å². The highest BCUT2D eigenvalue weighted by atomic mass is 16.2. The van der Waals surface area contributed by atoms with E-state index in [0.717, 1.165) is 5.56 Å². The van der Waals surface area contributed by atoms with E-state index in [1.807, 2.05) is 42.5 Å². The Morgan fingerprint density at radius 1 is 1.00 bits per heavy atom. The van der Waals surface area contributed by atoms with E-state index in [4.69, 9.17) is 5.73 Å². The Morgan fingerprint density at radius 2 is 1.72 bits per heavy atom. The second kappa shape index (κ2) is 7.56. The number of carbonyl (C=O) groups excluding carboxylic acids is 4. The average molecular weight is 432 g/mol. The van der Waals surface area contributed by atoms with Crippen molar-refractivity contribution in [3.8, 4) is 0 Å². The van der Waals surface area contributed by atoms with Crippen LogP contribution in [0.2, 0.25) is 0 Å². The van der Waals surface area contributed by atoms with E-state index in [1.54, 1.807) is 12.1 Å². The molecule has 2 aromatic rings. The number of fused-ring (bicyclic) bond motifs is 4. The zero-order valence-electron chi connectivity index (χ0n) is 17.4. The number of nitrogens with one attached hydrogen (secondary N) is 2. The van der Waals surface area contributed by atoms with Crippen molar-refractivity contribution in [2.75, 3.05) is 11.9 Å². The van der Waals surface area contributed by atoms with E-state index in [9.17, 15) is 19.2 Å². The number of rotatable bonds is 6. The van der Waals surface area contributed by atoms with Crippen LogP contribution in [-0.2, 0) is 31.1 Å². The number of anilines is 1. The van der Waals surface area contributed by atoms with E-state index < -0.39 is 29.3 Å². The van der Waals surface area contributed by atoms with E-state index >= 15 is 0 Å². The molecule has 0 bridgehead atoms. The Labute approximate surface area is 185 Å². The van der Waals surface area contributed by atoms with Crippen LogP contribution < -0.4 is 16.4 Å². The van der Waals surface area contributed by atoms with E-state index in [1.165, 1.54) is 4.90 Å². The monoisotopic (exact) mass is 432 g/mol. The predicted molar refractivity (Wildman–Crippen MR) is 116 cm³/mol. The second-order valence-corrected chi connectivity index (χ2v) is 8.63. The van der Waals surface area contributed by atoms with Crippen LogP contribution in [0, 0.1) is 11.8 Å². The van der Waals surface area contributed by atoms with Gasteiger partial charge < -0.3 is 11.1 Å². The minimum Gasteiger partial charge on any atom is -0.370 e. The number of likely N-dealkylation sites (tertiary alicyclic amines) is 1. The molecule has 3 aliphatic heterocycles. The van der Waals surface area contributed by atoms with Crippen LogP contribution in [-0.4, -0.2) is 41.1 Å². The van der Waals surface area contributed by atoms with Gasteiger partial charge in [0, 0.05) is 30.3 Å². The standard InChI is InChI=1S/C24H24N4O4/c25-18(29)11-10-17-19-20(24(27-17)15-8-4-5-9-16(15)26-23(24)32)22(31)28(21(19)30)13-12-14-6-2-1-3-7-14/h1-9,17,19-20,27H,10-13H2,(H2,25,29)(H,26,32). The van der Waals surface area contributed by atoms with E-state index in [2.05, 4.69) is 10.6 Å². The molecule has 164 valence electrons. The summed E-state index contributed by atoms with van der Waals surface area (Å²) in [5, 5.41) is 6.16. The third-order valence-corrected chi connectivity index (χ3v) is 6.88.